The molecule has 0 aliphatic rings. The van der Waals surface area contributed by atoms with Crippen molar-refractivity contribution in [2.75, 3.05) is 26.1 Å². The molecule has 0 amide bonds. The van der Waals surface area contributed by atoms with Crippen LogP contribution >= 0.6 is 12.2 Å². The zero-order valence-electron chi connectivity index (χ0n) is 14.2. The fraction of sp³-hybridized carbons (Fsp3) is 0.316. The van der Waals surface area contributed by atoms with E-state index in [1.54, 1.807) is 14.2 Å². The first-order valence-corrected chi connectivity index (χ1v) is 8.44. The van der Waals surface area contributed by atoms with E-state index in [9.17, 15) is 0 Å². The molecule has 0 aromatic heterocycles. The Balaban J connectivity index is 1.73. The predicted octanol–water partition coefficient (Wildman–Crippen LogP) is 4.01. The van der Waals surface area contributed by atoms with E-state index in [2.05, 4.69) is 34.9 Å². The average Bonchev–Trinajstić information content (AvgIpc) is 2.62. The van der Waals surface area contributed by atoms with Crippen molar-refractivity contribution >= 4 is 23.0 Å². The van der Waals surface area contributed by atoms with E-state index in [1.807, 2.05) is 24.3 Å². The Hall–Kier alpha value is -2.27. The van der Waals surface area contributed by atoms with Crippen LogP contribution in [0.4, 0.5) is 5.69 Å². The molecule has 0 aliphatic carbocycles. The quantitative estimate of drug-likeness (QED) is 0.559. The third-order valence-electron chi connectivity index (χ3n) is 3.68. The third-order valence-corrected chi connectivity index (χ3v) is 3.92. The van der Waals surface area contributed by atoms with Gasteiger partial charge in [-0.3, -0.25) is 0 Å². The second-order valence-corrected chi connectivity index (χ2v) is 5.80. The number of methoxy groups -OCH3 is 2. The molecular weight excluding hydrogens is 320 g/mol. The maximum Gasteiger partial charge on any atom is 0.170 e. The first-order chi connectivity index (χ1) is 11.7. The highest BCUT2D eigenvalue weighted by atomic mass is 32.1. The van der Waals surface area contributed by atoms with Crippen molar-refractivity contribution in [3.63, 3.8) is 0 Å². The van der Waals surface area contributed by atoms with E-state index in [-0.39, 0.29) is 0 Å². The van der Waals surface area contributed by atoms with Crippen LogP contribution in [-0.2, 0) is 6.42 Å². The lowest BCUT2D eigenvalue weighted by molar-refractivity contribution is 0.405. The molecule has 24 heavy (non-hydrogen) atoms. The molecule has 2 N–H and O–H groups in total. The smallest absolute Gasteiger partial charge is 0.170 e. The van der Waals surface area contributed by atoms with Gasteiger partial charge < -0.3 is 20.1 Å². The van der Waals surface area contributed by atoms with Crippen molar-refractivity contribution in [2.24, 2.45) is 0 Å². The summed E-state index contributed by atoms with van der Waals surface area (Å²) in [6.45, 7) is 0.838. The molecule has 0 atom stereocenters. The Labute approximate surface area is 149 Å². The summed E-state index contributed by atoms with van der Waals surface area (Å²) >= 11 is 5.35. The maximum atomic E-state index is 5.35. The summed E-state index contributed by atoms with van der Waals surface area (Å²) in [6.07, 6.45) is 3.28. The molecule has 0 saturated heterocycles. The lowest BCUT2D eigenvalue weighted by atomic mass is 10.1. The Kier molecular flexibility index (Phi) is 7.36. The van der Waals surface area contributed by atoms with Gasteiger partial charge in [0.25, 0.3) is 0 Å². The zero-order valence-corrected chi connectivity index (χ0v) is 15.0. The molecule has 2 aromatic rings. The van der Waals surface area contributed by atoms with Gasteiger partial charge in [0, 0.05) is 12.6 Å². The Morgan fingerprint density at radius 3 is 2.50 bits per heavy atom. The number of ether oxygens (including phenoxy) is 2. The van der Waals surface area contributed by atoms with Crippen molar-refractivity contribution in [3.05, 3.63) is 54.1 Å². The largest absolute Gasteiger partial charge is 0.497 e. The summed E-state index contributed by atoms with van der Waals surface area (Å²) in [5, 5.41) is 6.97. The number of aryl methyl sites for hydroxylation is 1. The maximum absolute atomic E-state index is 5.35. The third kappa shape index (κ3) is 5.74. The van der Waals surface area contributed by atoms with Gasteiger partial charge in [0.1, 0.15) is 11.5 Å². The fourth-order valence-electron chi connectivity index (χ4n) is 2.38. The van der Waals surface area contributed by atoms with Crippen molar-refractivity contribution < 1.29 is 9.47 Å². The van der Waals surface area contributed by atoms with E-state index in [4.69, 9.17) is 21.7 Å². The van der Waals surface area contributed by atoms with Crippen LogP contribution in [0.1, 0.15) is 18.4 Å². The molecule has 5 heteroatoms. The highest BCUT2D eigenvalue weighted by Crippen LogP contribution is 2.28. The summed E-state index contributed by atoms with van der Waals surface area (Å²) in [6, 6.07) is 16.1. The molecule has 0 radical (unpaired) electrons. The molecule has 0 spiro atoms. The molecular formula is C19H24N2O2S. The van der Waals surface area contributed by atoms with Crippen LogP contribution in [0.25, 0.3) is 0 Å². The lowest BCUT2D eigenvalue weighted by Crippen LogP contribution is -2.29. The number of nitrogens with one attached hydrogen (secondary N) is 2. The van der Waals surface area contributed by atoms with Crippen LogP contribution in [0, 0.1) is 0 Å². The normalized spacial score (nSPS) is 10.1. The van der Waals surface area contributed by atoms with Gasteiger partial charge >= 0.3 is 0 Å². The highest BCUT2D eigenvalue weighted by molar-refractivity contribution is 7.80. The monoisotopic (exact) mass is 344 g/mol. The van der Waals surface area contributed by atoms with Gasteiger partial charge in [-0.25, -0.2) is 0 Å². The summed E-state index contributed by atoms with van der Waals surface area (Å²) in [7, 11) is 3.27. The van der Waals surface area contributed by atoms with E-state index in [0.717, 1.165) is 43.0 Å². The highest BCUT2D eigenvalue weighted by Gasteiger charge is 2.06. The van der Waals surface area contributed by atoms with Crippen LogP contribution < -0.4 is 20.1 Å². The molecule has 0 heterocycles. The SMILES string of the molecule is COc1ccc(OC)c(NC(=S)NCCCCc2ccccc2)c1. The van der Waals surface area contributed by atoms with Gasteiger partial charge in [-0.05, 0) is 49.2 Å². The number of unbranched alkanes of at least 4 members (excludes halogenated alkanes) is 1. The standard InChI is InChI=1S/C19H24N2O2S/c1-22-16-11-12-18(23-2)17(14-16)21-19(24)20-13-7-6-10-15-8-4-3-5-9-15/h3-5,8-9,11-12,14H,6-7,10,13H2,1-2H3,(H2,20,21,24). The van der Waals surface area contributed by atoms with Crippen molar-refractivity contribution in [3.8, 4) is 11.5 Å². The van der Waals surface area contributed by atoms with E-state index in [0.29, 0.717) is 5.11 Å². The fourth-order valence-corrected chi connectivity index (χ4v) is 2.59. The Morgan fingerprint density at radius 1 is 1.00 bits per heavy atom. The molecule has 0 aliphatic heterocycles. The number of benzene rings is 2. The Morgan fingerprint density at radius 2 is 1.79 bits per heavy atom. The van der Waals surface area contributed by atoms with Gasteiger partial charge in [0.15, 0.2) is 5.11 Å². The molecule has 2 aromatic carbocycles. The minimum atomic E-state index is 0.585. The lowest BCUT2D eigenvalue weighted by Gasteiger charge is -2.14. The van der Waals surface area contributed by atoms with Crippen LogP contribution in [0.5, 0.6) is 11.5 Å². The molecule has 4 nitrogen and oxygen atoms in total. The molecule has 0 fully saturated rings. The first-order valence-electron chi connectivity index (χ1n) is 8.03. The number of rotatable bonds is 8. The number of thiocarbonyl (C=S) groups is 1. The summed E-state index contributed by atoms with van der Waals surface area (Å²) < 4.78 is 10.6. The van der Waals surface area contributed by atoms with Crippen LogP contribution in [0.3, 0.4) is 0 Å². The van der Waals surface area contributed by atoms with E-state index < -0.39 is 0 Å². The van der Waals surface area contributed by atoms with E-state index >= 15 is 0 Å². The summed E-state index contributed by atoms with van der Waals surface area (Å²) in [5.74, 6) is 1.48. The number of hydrogen-bond acceptors (Lipinski definition) is 3. The van der Waals surface area contributed by atoms with Gasteiger partial charge in [-0.1, -0.05) is 30.3 Å². The molecule has 2 rings (SSSR count). The molecule has 0 unspecified atom stereocenters. The Bertz CT molecular complexity index is 647. The van der Waals surface area contributed by atoms with Crippen LogP contribution in [0.15, 0.2) is 48.5 Å². The molecule has 0 bridgehead atoms. The summed E-state index contributed by atoms with van der Waals surface area (Å²) in [5.41, 5.74) is 2.16. The molecule has 0 saturated carbocycles. The number of hydrogen-bond donors (Lipinski definition) is 2. The van der Waals surface area contributed by atoms with Gasteiger partial charge in [0.05, 0.1) is 19.9 Å². The van der Waals surface area contributed by atoms with Crippen molar-refractivity contribution in [1.29, 1.82) is 0 Å². The second-order valence-electron chi connectivity index (χ2n) is 5.39. The van der Waals surface area contributed by atoms with E-state index in [1.165, 1.54) is 5.56 Å². The van der Waals surface area contributed by atoms with Crippen molar-refractivity contribution in [1.82, 2.24) is 5.32 Å². The zero-order chi connectivity index (χ0) is 17.2. The minimum Gasteiger partial charge on any atom is -0.497 e. The van der Waals surface area contributed by atoms with Crippen molar-refractivity contribution in [2.45, 2.75) is 19.3 Å². The first kappa shape index (κ1) is 18.1. The topological polar surface area (TPSA) is 42.5 Å². The predicted molar refractivity (Wildman–Crippen MR) is 103 cm³/mol. The molecule has 128 valence electrons. The van der Waals surface area contributed by atoms with Gasteiger partial charge in [-0.2, -0.15) is 0 Å². The second kappa shape index (κ2) is 9.78. The summed E-state index contributed by atoms with van der Waals surface area (Å²) in [4.78, 5) is 0. The minimum absolute atomic E-state index is 0.585. The van der Waals surface area contributed by atoms with Gasteiger partial charge in [-0.15, -0.1) is 0 Å². The number of anilines is 1. The average molecular weight is 344 g/mol. The van der Waals surface area contributed by atoms with Gasteiger partial charge in [0.2, 0.25) is 0 Å². The van der Waals surface area contributed by atoms with Crippen LogP contribution in [-0.4, -0.2) is 25.9 Å². The van der Waals surface area contributed by atoms with Crippen LogP contribution in [0.2, 0.25) is 0 Å².